The lowest BCUT2D eigenvalue weighted by molar-refractivity contribution is 0.344. The first-order valence-electron chi connectivity index (χ1n) is 5.71. The van der Waals surface area contributed by atoms with Crippen molar-refractivity contribution in [3.8, 4) is 5.75 Å². The molecule has 1 aliphatic rings. The van der Waals surface area contributed by atoms with Crippen molar-refractivity contribution in [3.63, 3.8) is 0 Å². The van der Waals surface area contributed by atoms with E-state index in [0.29, 0.717) is 0 Å². The van der Waals surface area contributed by atoms with Gasteiger partial charge in [-0.3, -0.25) is 0 Å². The van der Waals surface area contributed by atoms with E-state index < -0.39 is 0 Å². The molecular formula is C13H16N2O. The SMILES string of the molecule is COc1ccc2cc(CC3CNC3)[nH]c2c1. The van der Waals surface area contributed by atoms with Gasteiger partial charge in [-0.15, -0.1) is 0 Å². The van der Waals surface area contributed by atoms with Gasteiger partial charge in [-0.25, -0.2) is 0 Å². The van der Waals surface area contributed by atoms with Crippen LogP contribution >= 0.6 is 0 Å². The largest absolute Gasteiger partial charge is 0.497 e. The molecule has 0 unspecified atom stereocenters. The predicted octanol–water partition coefficient (Wildman–Crippen LogP) is 1.94. The minimum Gasteiger partial charge on any atom is -0.497 e. The van der Waals surface area contributed by atoms with Gasteiger partial charge in [0.1, 0.15) is 5.75 Å². The van der Waals surface area contributed by atoms with Crippen molar-refractivity contribution in [1.29, 1.82) is 0 Å². The summed E-state index contributed by atoms with van der Waals surface area (Å²) in [5.74, 6) is 1.71. The molecule has 3 rings (SSSR count). The fourth-order valence-corrected chi connectivity index (χ4v) is 2.21. The topological polar surface area (TPSA) is 37.0 Å². The Kier molecular flexibility index (Phi) is 2.33. The third-order valence-electron chi connectivity index (χ3n) is 3.26. The van der Waals surface area contributed by atoms with Crippen LogP contribution in [-0.2, 0) is 6.42 Å². The molecule has 0 radical (unpaired) electrons. The van der Waals surface area contributed by atoms with Crippen molar-refractivity contribution in [3.05, 3.63) is 30.0 Å². The number of nitrogens with one attached hydrogen (secondary N) is 2. The van der Waals surface area contributed by atoms with Crippen molar-refractivity contribution in [2.24, 2.45) is 5.92 Å². The number of hydrogen-bond acceptors (Lipinski definition) is 2. The normalized spacial score (nSPS) is 16.3. The monoisotopic (exact) mass is 216 g/mol. The Balaban J connectivity index is 1.89. The number of rotatable bonds is 3. The molecule has 2 N–H and O–H groups in total. The maximum absolute atomic E-state index is 5.21. The molecule has 0 aliphatic carbocycles. The number of aromatic amines is 1. The van der Waals surface area contributed by atoms with Gasteiger partial charge in [-0.05, 0) is 49.0 Å². The van der Waals surface area contributed by atoms with E-state index >= 15 is 0 Å². The average Bonchev–Trinajstić information content (AvgIpc) is 2.64. The van der Waals surface area contributed by atoms with Crippen molar-refractivity contribution in [2.75, 3.05) is 20.2 Å². The standard InChI is InChI=1S/C13H16N2O/c1-16-12-3-2-10-5-11(15-13(10)6-12)4-9-7-14-8-9/h2-3,5-6,9,14-15H,4,7-8H2,1H3. The second kappa shape index (κ2) is 3.83. The highest BCUT2D eigenvalue weighted by Gasteiger charge is 2.17. The van der Waals surface area contributed by atoms with Gasteiger partial charge in [0.25, 0.3) is 0 Å². The quantitative estimate of drug-likeness (QED) is 0.822. The molecule has 84 valence electrons. The van der Waals surface area contributed by atoms with Crippen molar-refractivity contribution in [1.82, 2.24) is 10.3 Å². The van der Waals surface area contributed by atoms with Crippen LogP contribution in [0.15, 0.2) is 24.3 Å². The van der Waals surface area contributed by atoms with E-state index in [-0.39, 0.29) is 0 Å². The minimum absolute atomic E-state index is 0.801. The van der Waals surface area contributed by atoms with E-state index in [1.807, 2.05) is 6.07 Å². The fourth-order valence-electron chi connectivity index (χ4n) is 2.21. The number of hydrogen-bond donors (Lipinski definition) is 2. The van der Waals surface area contributed by atoms with Crippen LogP contribution in [0.5, 0.6) is 5.75 Å². The second-order valence-corrected chi connectivity index (χ2v) is 4.48. The van der Waals surface area contributed by atoms with Gasteiger partial charge in [-0.2, -0.15) is 0 Å². The maximum Gasteiger partial charge on any atom is 0.120 e. The smallest absolute Gasteiger partial charge is 0.120 e. The summed E-state index contributed by atoms with van der Waals surface area (Å²) in [6.45, 7) is 2.30. The van der Waals surface area contributed by atoms with Crippen LogP contribution in [0.25, 0.3) is 10.9 Å². The molecule has 1 aromatic heterocycles. The third-order valence-corrected chi connectivity index (χ3v) is 3.26. The first-order valence-corrected chi connectivity index (χ1v) is 5.71. The highest BCUT2D eigenvalue weighted by atomic mass is 16.5. The number of H-pyrrole nitrogens is 1. The Morgan fingerprint density at radius 1 is 1.31 bits per heavy atom. The summed E-state index contributed by atoms with van der Waals surface area (Å²) in [6.07, 6.45) is 1.14. The summed E-state index contributed by atoms with van der Waals surface area (Å²) in [5.41, 5.74) is 2.50. The molecule has 3 nitrogen and oxygen atoms in total. The molecule has 0 atom stereocenters. The van der Waals surface area contributed by atoms with E-state index in [1.54, 1.807) is 7.11 Å². The third kappa shape index (κ3) is 1.67. The molecule has 16 heavy (non-hydrogen) atoms. The van der Waals surface area contributed by atoms with Gasteiger partial charge < -0.3 is 15.0 Å². The Hall–Kier alpha value is -1.48. The average molecular weight is 216 g/mol. The van der Waals surface area contributed by atoms with E-state index in [1.165, 1.54) is 16.6 Å². The first kappa shape index (κ1) is 9.73. The van der Waals surface area contributed by atoms with E-state index in [2.05, 4.69) is 28.5 Å². The summed E-state index contributed by atoms with van der Waals surface area (Å²) in [7, 11) is 1.70. The second-order valence-electron chi connectivity index (χ2n) is 4.48. The predicted molar refractivity (Wildman–Crippen MR) is 64.9 cm³/mol. The number of ether oxygens (including phenoxy) is 1. The Morgan fingerprint density at radius 3 is 2.88 bits per heavy atom. The fraction of sp³-hybridized carbons (Fsp3) is 0.385. The maximum atomic E-state index is 5.21. The Morgan fingerprint density at radius 2 is 2.19 bits per heavy atom. The molecule has 1 aromatic carbocycles. The lowest BCUT2D eigenvalue weighted by Gasteiger charge is -2.26. The van der Waals surface area contributed by atoms with Crippen LogP contribution in [-0.4, -0.2) is 25.2 Å². The van der Waals surface area contributed by atoms with Crippen LogP contribution in [0.1, 0.15) is 5.69 Å². The lowest BCUT2D eigenvalue weighted by atomic mass is 9.97. The van der Waals surface area contributed by atoms with Gasteiger partial charge in [0.2, 0.25) is 0 Å². The van der Waals surface area contributed by atoms with Crippen molar-refractivity contribution in [2.45, 2.75) is 6.42 Å². The Bertz CT molecular complexity index is 500. The van der Waals surface area contributed by atoms with Crippen LogP contribution < -0.4 is 10.1 Å². The molecular weight excluding hydrogens is 200 g/mol. The molecule has 3 heteroatoms. The lowest BCUT2D eigenvalue weighted by Crippen LogP contribution is -2.43. The summed E-state index contributed by atoms with van der Waals surface area (Å²) < 4.78 is 5.21. The molecule has 2 aromatic rings. The van der Waals surface area contributed by atoms with Gasteiger partial charge in [0, 0.05) is 17.3 Å². The molecule has 0 amide bonds. The van der Waals surface area contributed by atoms with Crippen LogP contribution in [0, 0.1) is 5.92 Å². The number of methoxy groups -OCH3 is 1. The number of aromatic nitrogens is 1. The molecule has 1 saturated heterocycles. The molecule has 2 heterocycles. The van der Waals surface area contributed by atoms with E-state index in [9.17, 15) is 0 Å². The summed E-state index contributed by atoms with van der Waals surface area (Å²) in [4.78, 5) is 3.46. The van der Waals surface area contributed by atoms with Crippen molar-refractivity contribution < 1.29 is 4.74 Å². The molecule has 0 saturated carbocycles. The number of benzene rings is 1. The highest BCUT2D eigenvalue weighted by molar-refractivity contribution is 5.81. The Labute approximate surface area is 94.8 Å². The zero-order chi connectivity index (χ0) is 11.0. The van der Waals surface area contributed by atoms with Gasteiger partial charge in [0.05, 0.1) is 7.11 Å². The molecule has 0 bridgehead atoms. The number of fused-ring (bicyclic) bond motifs is 1. The van der Waals surface area contributed by atoms with Crippen LogP contribution in [0.2, 0.25) is 0 Å². The van der Waals surface area contributed by atoms with Gasteiger partial charge >= 0.3 is 0 Å². The summed E-state index contributed by atoms with van der Waals surface area (Å²) >= 11 is 0. The molecule has 0 spiro atoms. The van der Waals surface area contributed by atoms with Gasteiger partial charge in [-0.1, -0.05) is 0 Å². The highest BCUT2D eigenvalue weighted by Crippen LogP contribution is 2.23. The first-order chi connectivity index (χ1) is 7.85. The van der Waals surface area contributed by atoms with E-state index in [0.717, 1.165) is 31.2 Å². The summed E-state index contributed by atoms with van der Waals surface area (Å²) in [5, 5.41) is 4.57. The minimum atomic E-state index is 0.801. The van der Waals surface area contributed by atoms with Crippen LogP contribution in [0.4, 0.5) is 0 Å². The van der Waals surface area contributed by atoms with Gasteiger partial charge in [0.15, 0.2) is 0 Å². The van der Waals surface area contributed by atoms with E-state index in [4.69, 9.17) is 4.74 Å². The summed E-state index contributed by atoms with van der Waals surface area (Å²) in [6, 6.07) is 8.41. The zero-order valence-corrected chi connectivity index (χ0v) is 9.42. The van der Waals surface area contributed by atoms with Crippen molar-refractivity contribution >= 4 is 10.9 Å². The zero-order valence-electron chi connectivity index (χ0n) is 9.42. The molecule has 1 aliphatic heterocycles. The van der Waals surface area contributed by atoms with Crippen LogP contribution in [0.3, 0.4) is 0 Å². The molecule has 1 fully saturated rings.